The molecule has 0 aliphatic carbocycles. The van der Waals surface area contributed by atoms with Crippen molar-refractivity contribution in [3.63, 3.8) is 0 Å². The smallest absolute Gasteiger partial charge is 0.404 e. The van der Waals surface area contributed by atoms with Crippen LogP contribution < -0.4 is 5.73 Å². The van der Waals surface area contributed by atoms with Crippen LogP contribution in [0.25, 0.3) is 10.4 Å². The number of ether oxygens (including phenoxy) is 1. The minimum atomic E-state index is -0.753. The Balaban J connectivity index is 2.01. The van der Waals surface area contributed by atoms with Crippen LogP contribution >= 0.6 is 11.3 Å². The van der Waals surface area contributed by atoms with E-state index in [2.05, 4.69) is 4.74 Å². The lowest BCUT2D eigenvalue weighted by Gasteiger charge is -2.03. The molecule has 1 aromatic heterocycles. The van der Waals surface area contributed by atoms with E-state index in [4.69, 9.17) is 5.73 Å². The van der Waals surface area contributed by atoms with Gasteiger partial charge in [0.25, 0.3) is 0 Å². The summed E-state index contributed by atoms with van der Waals surface area (Å²) >= 11 is 1.46. The summed E-state index contributed by atoms with van der Waals surface area (Å²) in [7, 11) is 0. The zero-order chi connectivity index (χ0) is 13.7. The van der Waals surface area contributed by atoms with Gasteiger partial charge in [0, 0.05) is 11.3 Å². The molecule has 0 bridgehead atoms. The number of rotatable bonds is 5. The monoisotopic (exact) mass is 275 g/mol. The van der Waals surface area contributed by atoms with E-state index in [0.717, 1.165) is 22.3 Å². The van der Waals surface area contributed by atoms with Crippen molar-refractivity contribution >= 4 is 23.7 Å². The molecule has 0 radical (unpaired) electrons. The lowest BCUT2D eigenvalue weighted by molar-refractivity contribution is 0.112. The Kier molecular flexibility index (Phi) is 4.30. The van der Waals surface area contributed by atoms with Gasteiger partial charge >= 0.3 is 6.09 Å². The summed E-state index contributed by atoms with van der Waals surface area (Å²) in [6.45, 7) is 0.281. The average molecular weight is 275 g/mol. The Labute approximate surface area is 114 Å². The predicted octanol–water partition coefficient (Wildman–Crippen LogP) is 2.87. The van der Waals surface area contributed by atoms with Gasteiger partial charge in [0.05, 0.1) is 11.5 Å². The molecular weight excluding hydrogens is 262 g/mol. The Morgan fingerprint density at radius 3 is 2.53 bits per heavy atom. The maximum Gasteiger partial charge on any atom is 0.404 e. The zero-order valence-electron chi connectivity index (χ0n) is 10.2. The van der Waals surface area contributed by atoms with Gasteiger partial charge in [-0.1, -0.05) is 24.3 Å². The molecule has 19 heavy (non-hydrogen) atoms. The molecule has 2 aromatic rings. The lowest BCUT2D eigenvalue weighted by Crippen LogP contribution is -2.14. The zero-order valence-corrected chi connectivity index (χ0v) is 11.0. The second kappa shape index (κ2) is 6.15. The molecule has 1 amide bonds. The van der Waals surface area contributed by atoms with E-state index in [-0.39, 0.29) is 6.61 Å². The number of aldehydes is 1. The van der Waals surface area contributed by atoms with Crippen molar-refractivity contribution in [1.29, 1.82) is 0 Å². The van der Waals surface area contributed by atoms with E-state index in [1.54, 1.807) is 0 Å². The van der Waals surface area contributed by atoms with Crippen LogP contribution in [0.2, 0.25) is 0 Å². The maximum atomic E-state index is 10.6. The SMILES string of the molecule is NC(=O)OCCc1ccc(-c2ccc(C=O)s2)cc1. The molecule has 2 N–H and O–H groups in total. The molecule has 1 aromatic carbocycles. The number of hydrogen-bond donors (Lipinski definition) is 1. The van der Waals surface area contributed by atoms with Crippen molar-refractivity contribution in [2.24, 2.45) is 5.73 Å². The number of amides is 1. The maximum absolute atomic E-state index is 10.6. The van der Waals surface area contributed by atoms with E-state index in [0.29, 0.717) is 11.3 Å². The molecule has 0 saturated heterocycles. The fourth-order valence-corrected chi connectivity index (χ4v) is 2.50. The lowest BCUT2D eigenvalue weighted by atomic mass is 10.1. The molecule has 0 unspecified atom stereocenters. The quantitative estimate of drug-likeness (QED) is 0.853. The summed E-state index contributed by atoms with van der Waals surface area (Å²) in [5, 5.41) is 0. The summed E-state index contributed by atoms with van der Waals surface area (Å²) in [5.41, 5.74) is 7.02. The Bertz CT molecular complexity index is 575. The van der Waals surface area contributed by atoms with Crippen LogP contribution in [0, 0.1) is 0 Å². The summed E-state index contributed by atoms with van der Waals surface area (Å²) in [6, 6.07) is 11.7. The van der Waals surface area contributed by atoms with Gasteiger partial charge in [-0.3, -0.25) is 4.79 Å². The fraction of sp³-hybridized carbons (Fsp3) is 0.143. The van der Waals surface area contributed by atoms with Gasteiger partial charge in [-0.25, -0.2) is 4.79 Å². The number of thiophene rings is 1. The van der Waals surface area contributed by atoms with Gasteiger partial charge in [-0.15, -0.1) is 11.3 Å². The van der Waals surface area contributed by atoms with Crippen LogP contribution in [0.15, 0.2) is 36.4 Å². The van der Waals surface area contributed by atoms with Crippen LogP contribution in [0.4, 0.5) is 4.79 Å². The standard InChI is InChI=1S/C14H13NO3S/c15-14(17)18-8-7-10-1-3-11(4-2-10)13-6-5-12(9-16)19-13/h1-6,9H,7-8H2,(H2,15,17). The number of carbonyl (C=O) groups excluding carboxylic acids is 2. The molecule has 0 aliphatic rings. The van der Waals surface area contributed by atoms with Crippen molar-refractivity contribution in [2.75, 3.05) is 6.61 Å². The first-order valence-corrected chi connectivity index (χ1v) is 6.57. The highest BCUT2D eigenvalue weighted by atomic mass is 32.1. The minimum absolute atomic E-state index is 0.281. The Morgan fingerprint density at radius 1 is 1.21 bits per heavy atom. The van der Waals surface area contributed by atoms with Crippen molar-refractivity contribution in [3.8, 4) is 10.4 Å². The van der Waals surface area contributed by atoms with Gasteiger partial charge in [0.2, 0.25) is 0 Å². The van der Waals surface area contributed by atoms with Crippen LogP contribution in [0.3, 0.4) is 0 Å². The minimum Gasteiger partial charge on any atom is -0.449 e. The molecule has 5 heteroatoms. The van der Waals surface area contributed by atoms with Crippen molar-refractivity contribution in [2.45, 2.75) is 6.42 Å². The predicted molar refractivity (Wildman–Crippen MR) is 74.4 cm³/mol. The Morgan fingerprint density at radius 2 is 1.95 bits per heavy atom. The first-order chi connectivity index (χ1) is 9.19. The summed E-state index contributed by atoms with van der Waals surface area (Å²) in [4.78, 5) is 22.8. The third-order valence-electron chi connectivity index (χ3n) is 2.62. The topological polar surface area (TPSA) is 69.4 Å². The number of benzene rings is 1. The summed E-state index contributed by atoms with van der Waals surface area (Å²) < 4.78 is 4.68. The van der Waals surface area contributed by atoms with Crippen LogP contribution in [-0.2, 0) is 11.2 Å². The molecule has 4 nitrogen and oxygen atoms in total. The molecule has 0 fully saturated rings. The molecule has 0 spiro atoms. The van der Waals surface area contributed by atoms with E-state index in [1.807, 2.05) is 36.4 Å². The van der Waals surface area contributed by atoms with E-state index >= 15 is 0 Å². The Hall–Kier alpha value is -2.14. The number of nitrogens with two attached hydrogens (primary N) is 1. The van der Waals surface area contributed by atoms with Gasteiger partial charge in [-0.05, 0) is 23.3 Å². The average Bonchev–Trinajstić information content (AvgIpc) is 2.88. The van der Waals surface area contributed by atoms with E-state index in [9.17, 15) is 9.59 Å². The van der Waals surface area contributed by atoms with Crippen molar-refractivity contribution in [3.05, 3.63) is 46.8 Å². The third kappa shape index (κ3) is 3.66. The highest BCUT2D eigenvalue weighted by Crippen LogP contribution is 2.27. The molecule has 0 atom stereocenters. The highest BCUT2D eigenvalue weighted by molar-refractivity contribution is 7.17. The molecule has 1 heterocycles. The number of hydrogen-bond acceptors (Lipinski definition) is 4. The van der Waals surface area contributed by atoms with Gasteiger partial charge in [0.15, 0.2) is 6.29 Å². The van der Waals surface area contributed by atoms with E-state index < -0.39 is 6.09 Å². The van der Waals surface area contributed by atoms with Gasteiger partial charge in [-0.2, -0.15) is 0 Å². The first kappa shape index (κ1) is 13.3. The van der Waals surface area contributed by atoms with Crippen molar-refractivity contribution in [1.82, 2.24) is 0 Å². The second-order valence-corrected chi connectivity index (χ2v) is 5.05. The highest BCUT2D eigenvalue weighted by Gasteiger charge is 2.03. The number of carbonyl (C=O) groups is 2. The third-order valence-corrected chi connectivity index (χ3v) is 3.68. The van der Waals surface area contributed by atoms with Crippen LogP contribution in [0.1, 0.15) is 15.2 Å². The second-order valence-electron chi connectivity index (χ2n) is 3.93. The molecule has 0 aliphatic heterocycles. The summed E-state index contributed by atoms with van der Waals surface area (Å²) in [6.07, 6.45) is 0.730. The normalized spacial score (nSPS) is 10.1. The van der Waals surface area contributed by atoms with E-state index in [1.165, 1.54) is 11.3 Å². The van der Waals surface area contributed by atoms with Crippen molar-refractivity contribution < 1.29 is 14.3 Å². The van der Waals surface area contributed by atoms with Crippen LogP contribution in [0.5, 0.6) is 0 Å². The number of primary amides is 1. The largest absolute Gasteiger partial charge is 0.449 e. The van der Waals surface area contributed by atoms with Gasteiger partial charge < -0.3 is 10.5 Å². The molecular formula is C14H13NO3S. The molecule has 2 rings (SSSR count). The fourth-order valence-electron chi connectivity index (χ4n) is 1.68. The molecule has 98 valence electrons. The summed E-state index contributed by atoms with van der Waals surface area (Å²) in [5.74, 6) is 0. The first-order valence-electron chi connectivity index (χ1n) is 5.75. The molecule has 0 saturated carbocycles. The van der Waals surface area contributed by atoms with Crippen LogP contribution in [-0.4, -0.2) is 19.0 Å². The van der Waals surface area contributed by atoms with Gasteiger partial charge in [0.1, 0.15) is 0 Å².